The third-order valence-corrected chi connectivity index (χ3v) is 4.69. The van der Waals surface area contributed by atoms with Gasteiger partial charge in [-0.1, -0.05) is 42.5 Å². The summed E-state index contributed by atoms with van der Waals surface area (Å²) in [7, 11) is 1.60. The summed E-state index contributed by atoms with van der Waals surface area (Å²) in [4.78, 5) is 26.7. The number of hydrogen-bond donors (Lipinski definition) is 1. The van der Waals surface area contributed by atoms with E-state index in [1.165, 1.54) is 9.58 Å². The number of hydrogen-bond acceptors (Lipinski definition) is 4. The van der Waals surface area contributed by atoms with Crippen LogP contribution >= 0.6 is 0 Å². The number of para-hydroxylation sites is 2. The van der Waals surface area contributed by atoms with E-state index in [2.05, 4.69) is 10.4 Å². The van der Waals surface area contributed by atoms with Gasteiger partial charge in [0.1, 0.15) is 18.4 Å². The third kappa shape index (κ3) is 3.82. The van der Waals surface area contributed by atoms with Gasteiger partial charge in [0, 0.05) is 7.05 Å². The van der Waals surface area contributed by atoms with Crippen molar-refractivity contribution in [2.75, 3.05) is 18.6 Å². The van der Waals surface area contributed by atoms with Gasteiger partial charge >= 0.3 is 0 Å². The minimum Gasteiger partial charge on any atom is -0.489 e. The molecule has 0 saturated heterocycles. The lowest BCUT2D eigenvalue weighted by Gasteiger charge is -2.20. The largest absolute Gasteiger partial charge is 0.489 e. The summed E-state index contributed by atoms with van der Waals surface area (Å²) in [6.45, 7) is 0.271. The van der Waals surface area contributed by atoms with E-state index in [-0.39, 0.29) is 18.2 Å². The number of benzene rings is 2. The number of amides is 2. The minimum atomic E-state index is -0.960. The first-order valence-electron chi connectivity index (χ1n) is 9.10. The molecule has 0 spiro atoms. The van der Waals surface area contributed by atoms with Gasteiger partial charge < -0.3 is 15.0 Å². The number of nitrogens with zero attached hydrogens (tertiary/aromatic N) is 3. The van der Waals surface area contributed by atoms with Crippen LogP contribution in [0.1, 0.15) is 16.1 Å². The van der Waals surface area contributed by atoms with Crippen molar-refractivity contribution in [2.24, 2.45) is 0 Å². The van der Waals surface area contributed by atoms with Crippen molar-refractivity contribution in [1.82, 2.24) is 15.1 Å². The lowest BCUT2D eigenvalue weighted by Crippen LogP contribution is -2.49. The molecule has 1 atom stereocenters. The molecule has 4 rings (SSSR count). The quantitative estimate of drug-likeness (QED) is 0.736. The van der Waals surface area contributed by atoms with Crippen LogP contribution < -0.4 is 15.0 Å². The second-order valence-corrected chi connectivity index (χ2v) is 6.71. The van der Waals surface area contributed by atoms with E-state index in [1.54, 1.807) is 31.3 Å². The normalized spacial score (nSPS) is 16.0. The second-order valence-electron chi connectivity index (χ2n) is 6.71. The summed E-state index contributed by atoms with van der Waals surface area (Å²) < 4.78 is 21.3. The van der Waals surface area contributed by atoms with Crippen LogP contribution in [0.4, 0.5) is 10.1 Å². The Morgan fingerprint density at radius 2 is 1.93 bits per heavy atom. The maximum atomic E-state index is 14.3. The predicted molar refractivity (Wildman–Crippen MR) is 104 cm³/mol. The standard InChI is InChI=1S/C21H19FN4O3/c1-25-17-9-5-6-10-18(17)29-13-16(21(25)28)23-20(27)19-15(22)12-26(24-19)11-14-7-3-2-4-8-14/h2-10,12,16H,11,13H2,1H3,(H,23,27). The Kier molecular flexibility index (Phi) is 4.99. The molecular weight excluding hydrogens is 375 g/mol. The SMILES string of the molecule is CN1C(=O)C(NC(=O)c2nn(Cc3ccccc3)cc2F)COc2ccccc21. The summed E-state index contributed by atoms with van der Waals surface area (Å²) in [5, 5.41) is 6.58. The van der Waals surface area contributed by atoms with E-state index in [9.17, 15) is 14.0 Å². The van der Waals surface area contributed by atoms with E-state index in [0.717, 1.165) is 11.8 Å². The van der Waals surface area contributed by atoms with E-state index < -0.39 is 17.8 Å². The molecule has 1 aromatic heterocycles. The lowest BCUT2D eigenvalue weighted by atomic mass is 10.2. The monoisotopic (exact) mass is 394 g/mol. The summed E-state index contributed by atoms with van der Waals surface area (Å²) >= 11 is 0. The number of aromatic nitrogens is 2. The number of nitrogens with one attached hydrogen (secondary N) is 1. The van der Waals surface area contributed by atoms with Crippen molar-refractivity contribution in [2.45, 2.75) is 12.6 Å². The van der Waals surface area contributed by atoms with Crippen LogP contribution in [-0.2, 0) is 11.3 Å². The molecule has 1 unspecified atom stereocenters. The number of carbonyl (C=O) groups is 2. The highest BCUT2D eigenvalue weighted by molar-refractivity contribution is 6.02. The summed E-state index contributed by atoms with van der Waals surface area (Å²) in [5.41, 5.74) is 1.17. The Balaban J connectivity index is 1.49. The van der Waals surface area contributed by atoms with Crippen LogP contribution in [0.2, 0.25) is 0 Å². The first kappa shape index (κ1) is 18.7. The van der Waals surface area contributed by atoms with Gasteiger partial charge in [0.25, 0.3) is 11.8 Å². The fourth-order valence-electron chi connectivity index (χ4n) is 3.19. The van der Waals surface area contributed by atoms with E-state index in [4.69, 9.17) is 4.74 Å². The number of carbonyl (C=O) groups excluding carboxylic acids is 2. The van der Waals surface area contributed by atoms with Gasteiger partial charge in [-0.15, -0.1) is 0 Å². The smallest absolute Gasteiger partial charge is 0.275 e. The maximum Gasteiger partial charge on any atom is 0.275 e. The minimum absolute atomic E-state index is 0.0573. The summed E-state index contributed by atoms with van der Waals surface area (Å²) in [6.07, 6.45) is 1.16. The van der Waals surface area contributed by atoms with Crippen molar-refractivity contribution in [3.8, 4) is 5.75 Å². The molecule has 1 aliphatic heterocycles. The van der Waals surface area contributed by atoms with E-state index in [1.807, 2.05) is 30.3 Å². The molecule has 0 saturated carbocycles. The topological polar surface area (TPSA) is 76.5 Å². The Morgan fingerprint density at radius 3 is 2.72 bits per heavy atom. The van der Waals surface area contributed by atoms with Gasteiger partial charge in [-0.25, -0.2) is 4.39 Å². The van der Waals surface area contributed by atoms with E-state index >= 15 is 0 Å². The predicted octanol–water partition coefficient (Wildman–Crippen LogP) is 2.22. The zero-order valence-corrected chi connectivity index (χ0v) is 15.7. The molecule has 148 valence electrons. The summed E-state index contributed by atoms with van der Waals surface area (Å²) in [5.74, 6) is -1.33. The fourth-order valence-corrected chi connectivity index (χ4v) is 3.19. The van der Waals surface area contributed by atoms with Crippen LogP contribution in [0.5, 0.6) is 5.75 Å². The number of fused-ring (bicyclic) bond motifs is 1. The summed E-state index contributed by atoms with van der Waals surface area (Å²) in [6, 6.07) is 15.5. The molecule has 29 heavy (non-hydrogen) atoms. The number of ether oxygens (including phenoxy) is 1. The average Bonchev–Trinajstić information content (AvgIpc) is 3.05. The molecule has 3 aromatic rings. The molecule has 1 N–H and O–H groups in total. The molecule has 2 heterocycles. The van der Waals surface area contributed by atoms with Gasteiger partial charge in [-0.3, -0.25) is 14.3 Å². The molecule has 1 aliphatic rings. The third-order valence-electron chi connectivity index (χ3n) is 4.69. The molecule has 2 aromatic carbocycles. The van der Waals surface area contributed by atoms with Crippen LogP contribution in [0.15, 0.2) is 60.8 Å². The fraction of sp³-hybridized carbons (Fsp3) is 0.190. The highest BCUT2D eigenvalue weighted by Crippen LogP contribution is 2.29. The van der Waals surface area contributed by atoms with Crippen LogP contribution in [0.25, 0.3) is 0 Å². The number of halogens is 1. The van der Waals surface area contributed by atoms with E-state index in [0.29, 0.717) is 18.0 Å². The molecule has 8 heteroatoms. The zero-order valence-electron chi connectivity index (χ0n) is 15.7. The molecule has 7 nitrogen and oxygen atoms in total. The van der Waals surface area contributed by atoms with Gasteiger partial charge in [0.05, 0.1) is 18.4 Å². The Labute approximate surface area is 166 Å². The molecule has 0 fully saturated rings. The average molecular weight is 394 g/mol. The first-order valence-corrected chi connectivity index (χ1v) is 9.10. The van der Waals surface area contributed by atoms with Gasteiger partial charge in [0.2, 0.25) is 0 Å². The second kappa shape index (κ2) is 7.75. The van der Waals surface area contributed by atoms with Crippen molar-refractivity contribution in [3.63, 3.8) is 0 Å². The van der Waals surface area contributed by atoms with Gasteiger partial charge in [-0.05, 0) is 17.7 Å². The highest BCUT2D eigenvalue weighted by Gasteiger charge is 2.31. The Hall–Kier alpha value is -3.68. The molecule has 0 aliphatic carbocycles. The highest BCUT2D eigenvalue weighted by atomic mass is 19.1. The van der Waals surface area contributed by atoms with Gasteiger partial charge in [0.15, 0.2) is 11.5 Å². The van der Waals surface area contributed by atoms with Crippen LogP contribution in [0, 0.1) is 5.82 Å². The van der Waals surface area contributed by atoms with Crippen LogP contribution in [-0.4, -0.2) is 41.3 Å². The van der Waals surface area contributed by atoms with Crippen molar-refractivity contribution in [3.05, 3.63) is 77.9 Å². The van der Waals surface area contributed by atoms with Crippen molar-refractivity contribution < 1.29 is 18.7 Å². The molecular formula is C21H19FN4O3. The first-order chi connectivity index (χ1) is 14.0. The maximum absolute atomic E-state index is 14.3. The number of anilines is 1. The van der Waals surface area contributed by atoms with Crippen molar-refractivity contribution >= 4 is 17.5 Å². The lowest BCUT2D eigenvalue weighted by molar-refractivity contribution is -0.120. The Bertz CT molecular complexity index is 1050. The molecule has 0 bridgehead atoms. The van der Waals surface area contributed by atoms with Crippen molar-refractivity contribution in [1.29, 1.82) is 0 Å². The molecule has 0 radical (unpaired) electrons. The number of likely N-dealkylation sites (N-methyl/N-ethyl adjacent to an activating group) is 1. The Morgan fingerprint density at radius 1 is 1.21 bits per heavy atom. The molecule has 2 amide bonds. The zero-order chi connectivity index (χ0) is 20.4. The van der Waals surface area contributed by atoms with Crippen LogP contribution in [0.3, 0.4) is 0 Å². The van der Waals surface area contributed by atoms with Gasteiger partial charge in [-0.2, -0.15) is 5.10 Å². The number of rotatable bonds is 4.